The molecule has 2 heterocycles. The molecule has 3 N–H and O–H groups in total. The van der Waals surface area contributed by atoms with Crippen LogP contribution >= 0.6 is 209 Å². The highest BCUT2D eigenvalue weighted by atomic mass is 33.5. The van der Waals surface area contributed by atoms with Crippen LogP contribution in [0, 0.1) is 0 Å². The molecular weight excluding hydrogens is 1300 g/mol. The van der Waals surface area contributed by atoms with Gasteiger partial charge in [-0.15, -0.1) is 135 Å². The fraction of sp³-hybridized carbons (Fsp3) is 0.308. The third kappa shape index (κ3) is 20.1. The van der Waals surface area contributed by atoms with Crippen LogP contribution in [0.15, 0.2) is 64.0 Å². The lowest BCUT2D eigenvalue weighted by atomic mass is 10.1. The van der Waals surface area contributed by atoms with Gasteiger partial charge in [0, 0.05) is 24.2 Å². The van der Waals surface area contributed by atoms with E-state index in [9.17, 15) is 12.8 Å². The number of alkyl halides is 1. The van der Waals surface area contributed by atoms with Gasteiger partial charge in [0.2, 0.25) is 5.89 Å². The van der Waals surface area contributed by atoms with Gasteiger partial charge in [0.1, 0.15) is 6.17 Å². The Morgan fingerprint density at radius 3 is 1.56 bits per heavy atom. The van der Waals surface area contributed by atoms with Crippen molar-refractivity contribution in [1.82, 2.24) is 25.5 Å². The fourth-order valence-corrected chi connectivity index (χ4v) is 341. The summed E-state index contributed by atoms with van der Waals surface area (Å²) in [4.78, 5) is 9.03. The number of benzene rings is 2. The third-order valence-corrected chi connectivity index (χ3v) is 177. The number of halogens is 1. The Balaban J connectivity index is 0.000000360. The van der Waals surface area contributed by atoms with E-state index in [1.54, 1.807) is 31.2 Å². The molecule has 63 heavy (non-hydrogen) atoms. The summed E-state index contributed by atoms with van der Waals surface area (Å²) in [6, 6.07) is 14.0. The van der Waals surface area contributed by atoms with Gasteiger partial charge in [0.25, 0.3) is 5.89 Å². The summed E-state index contributed by atoms with van der Waals surface area (Å²) in [5.41, 5.74) is 9.14. The molecule has 4 aromatic rings. The normalized spacial score (nSPS) is 14.1. The molecule has 0 radical (unpaired) electrons. The third-order valence-electron chi connectivity index (χ3n) is 8.05. The zero-order chi connectivity index (χ0) is 47.5. The number of aromatic nitrogens is 4. The van der Waals surface area contributed by atoms with Crippen molar-refractivity contribution in [3.05, 3.63) is 60.3 Å². The van der Waals surface area contributed by atoms with Gasteiger partial charge >= 0.3 is 0 Å². The lowest BCUT2D eigenvalue weighted by Crippen LogP contribution is -2.21. The van der Waals surface area contributed by atoms with E-state index in [1.165, 1.54) is 13.1 Å². The standard InChI is InChI=1S/C26H29FN6O3S.H28P26/c1-4-17(3)37(34,35)21-11-9-19(10-12-21)22-15-30-24(28)23(31-22)26-33-32-25(36-26)20-7-5-18(6-8-20)14-29-13-16(2)27;1-15(2)22(16(3)4)25(21(13)14)26(23(17(5)6)18(7)8)24(19(9)10)20(11)12/h5-12,15-17,29H,4,13-14H2,1-3H3,(H2,28,30);1-14H2. The smallest absolute Gasteiger partial charge is 0.270 e. The molecule has 0 saturated heterocycles. The monoisotopic (exact) mass is 1360 g/mol. The molecule has 17 atom stereocenters. The minimum atomic E-state index is -3.39. The van der Waals surface area contributed by atoms with E-state index >= 15 is 0 Å². The minimum absolute atomic E-state index is 0.0193. The van der Waals surface area contributed by atoms with E-state index in [2.05, 4.69) is 150 Å². The van der Waals surface area contributed by atoms with Crippen molar-refractivity contribution in [3.63, 3.8) is 0 Å². The number of hydrogen-bond acceptors (Lipinski definition) is 9. The van der Waals surface area contributed by atoms with Crippen LogP contribution < -0.4 is 11.1 Å². The Morgan fingerprint density at radius 2 is 1.11 bits per heavy atom. The molecule has 0 amide bonds. The first-order valence-corrected chi connectivity index (χ1v) is 65.8. The Kier molecular flexibility index (Phi) is 33.2. The molecule has 4 rings (SSSR count). The predicted molar refractivity (Wildman–Crippen MR) is 359 cm³/mol. The molecule has 2 aromatic carbocycles. The SMILES string of the molecule is CCC(C)S(=O)(=O)c1ccc(-c2cnc(N)c(-c3nnc(-c4ccc(CNCC(C)F)cc4)o3)n2)cc1.PP(P)P(P(P)P)P(P(P)P)P(P(P(P)P)P(P)P)P(P(P)P)P(P)P. The molecule has 0 fully saturated rings. The van der Waals surface area contributed by atoms with Gasteiger partial charge in [-0.25, -0.2) is 22.8 Å². The van der Waals surface area contributed by atoms with Crippen molar-refractivity contribution in [2.75, 3.05) is 12.3 Å². The number of nitrogens with one attached hydrogen (secondary N) is 1. The van der Waals surface area contributed by atoms with Gasteiger partial charge in [0.05, 0.1) is 22.0 Å². The van der Waals surface area contributed by atoms with Crippen LogP contribution in [-0.4, -0.2) is 46.5 Å². The van der Waals surface area contributed by atoms with Gasteiger partial charge in [-0.1, -0.05) is 31.2 Å². The van der Waals surface area contributed by atoms with Crippen LogP contribution in [-0.2, 0) is 16.4 Å². The maximum Gasteiger partial charge on any atom is 0.270 e. The molecule has 2 aromatic heterocycles. The first kappa shape index (κ1) is 64.8. The summed E-state index contributed by atoms with van der Waals surface area (Å²) in [6.45, 7) is 6.09. The zero-order valence-corrected chi connectivity index (χ0v) is 62.0. The number of nitrogens with two attached hydrogens (primary N) is 1. The van der Waals surface area contributed by atoms with Crippen LogP contribution in [0.2, 0.25) is 0 Å². The zero-order valence-electron chi connectivity index (χ0n) is 34.3. The van der Waals surface area contributed by atoms with Crippen molar-refractivity contribution >= 4 is 225 Å². The highest BCUT2D eigenvalue weighted by Crippen LogP contribution is 3.35. The van der Waals surface area contributed by atoms with Crippen molar-refractivity contribution in [2.45, 2.75) is 50.1 Å². The maximum atomic E-state index is 12.9. The lowest BCUT2D eigenvalue weighted by Gasteiger charge is -2.50. The first-order valence-electron chi connectivity index (χ1n) is 17.7. The molecule has 352 valence electrons. The van der Waals surface area contributed by atoms with E-state index in [4.69, 9.17) is 10.2 Å². The lowest BCUT2D eigenvalue weighted by molar-refractivity contribution is 0.344. The largest absolute Gasteiger partial charge is 0.414 e. The second-order valence-corrected chi connectivity index (χ2v) is 119. The summed E-state index contributed by atoms with van der Waals surface area (Å²) in [5, 5.41) is 10.8. The molecule has 0 aliphatic carbocycles. The topological polar surface area (TPSA) is 137 Å². The number of nitrogens with zero attached hydrogens (tertiary/aromatic N) is 4. The van der Waals surface area contributed by atoms with Crippen molar-refractivity contribution in [1.29, 1.82) is 0 Å². The molecule has 0 aliphatic heterocycles. The van der Waals surface area contributed by atoms with Gasteiger partial charge < -0.3 is 15.5 Å². The van der Waals surface area contributed by atoms with Crippen LogP contribution in [0.4, 0.5) is 10.2 Å². The maximum absolute atomic E-state index is 12.9. The van der Waals surface area contributed by atoms with E-state index in [0.29, 0.717) is 29.8 Å². The van der Waals surface area contributed by atoms with E-state index in [1.807, 2.05) is 31.2 Å². The van der Waals surface area contributed by atoms with E-state index in [0.717, 1.165) is 5.56 Å². The summed E-state index contributed by atoms with van der Waals surface area (Å²) in [5.74, 6) is 0.525. The number of nitrogen functional groups attached to an aromatic ring is 1. The van der Waals surface area contributed by atoms with Gasteiger partial charge in [0.15, 0.2) is 21.3 Å². The van der Waals surface area contributed by atoms with Gasteiger partial charge in [-0.3, -0.25) is 0 Å². The molecule has 37 heteroatoms. The van der Waals surface area contributed by atoms with Gasteiger partial charge in [-0.2, -0.15) is 0 Å². The molecule has 0 saturated carbocycles. The second-order valence-electron chi connectivity index (χ2n) is 12.8. The highest BCUT2D eigenvalue weighted by molar-refractivity contribution is 9.41. The Morgan fingerprint density at radius 1 is 0.667 bits per heavy atom. The highest BCUT2D eigenvalue weighted by Gasteiger charge is 2.47. The predicted octanol–water partition coefficient (Wildman–Crippen LogP) is 19.4. The van der Waals surface area contributed by atoms with Crippen LogP contribution in [0.1, 0.15) is 32.8 Å². The quantitative estimate of drug-likeness (QED) is 0.0781. The summed E-state index contributed by atoms with van der Waals surface area (Å²) in [6.07, 6.45) is 1.13. The second kappa shape index (κ2) is 32.3. The Bertz CT molecular complexity index is 2070. The first-order chi connectivity index (χ1) is 29.4. The summed E-state index contributed by atoms with van der Waals surface area (Å²) in [7, 11) is 42.0. The molecule has 0 spiro atoms. The molecular formula is C26H57FN6O3P26S. The average molecular weight is 1360 g/mol. The van der Waals surface area contributed by atoms with Crippen LogP contribution in [0.3, 0.4) is 0 Å². The van der Waals surface area contributed by atoms with Gasteiger partial charge in [-0.05, 0) is 134 Å². The minimum Gasteiger partial charge on any atom is -0.414 e. The van der Waals surface area contributed by atoms with Crippen molar-refractivity contribution < 1.29 is 17.2 Å². The van der Waals surface area contributed by atoms with Crippen molar-refractivity contribution in [3.8, 4) is 34.3 Å². The Hall–Kier alpha value is 7.48. The molecule has 17 unspecified atom stereocenters. The van der Waals surface area contributed by atoms with E-state index < -0.39 is 21.3 Å². The number of rotatable bonds is 21. The summed E-state index contributed by atoms with van der Waals surface area (Å²) < 4.78 is 44.0. The molecule has 9 nitrogen and oxygen atoms in total. The molecule has 0 bridgehead atoms. The van der Waals surface area contributed by atoms with Crippen molar-refractivity contribution in [2.24, 2.45) is 0 Å². The average Bonchev–Trinajstić information content (AvgIpc) is 3.69. The summed E-state index contributed by atoms with van der Waals surface area (Å²) >= 11 is 0. The fourth-order valence-electron chi connectivity index (χ4n) is 4.96. The number of hydrogen-bond donors (Lipinski definition) is 2. The van der Waals surface area contributed by atoms with Crippen LogP contribution in [0.5, 0.6) is 0 Å². The van der Waals surface area contributed by atoms with Crippen LogP contribution in [0.25, 0.3) is 34.3 Å². The van der Waals surface area contributed by atoms with E-state index in [-0.39, 0.29) is 119 Å². The Labute approximate surface area is 420 Å². The number of anilines is 1. The molecule has 0 aliphatic rings. The number of sulfone groups is 1.